The third-order valence-corrected chi connectivity index (χ3v) is 2.10. The van der Waals surface area contributed by atoms with E-state index in [4.69, 9.17) is 0 Å². The average molecular weight is 204 g/mol. The number of carbonyl (C=O) groups excluding carboxylic acids is 1. The van der Waals surface area contributed by atoms with E-state index in [1.165, 1.54) is 0 Å². The van der Waals surface area contributed by atoms with Gasteiger partial charge in [0.25, 0.3) is 0 Å². The number of rotatable bonds is 1. The highest BCUT2D eigenvalue weighted by molar-refractivity contribution is 7.80. The molecule has 0 saturated heterocycles. The van der Waals surface area contributed by atoms with E-state index in [1.807, 2.05) is 25.1 Å². The molecule has 1 nitrogen and oxygen atoms in total. The lowest BCUT2D eigenvalue weighted by molar-refractivity contribution is 0.101. The van der Waals surface area contributed by atoms with E-state index < -0.39 is 0 Å². The Hall–Kier alpha value is -1.20. The Kier molecular flexibility index (Phi) is 3.79. The first-order chi connectivity index (χ1) is 6.65. The number of ketones is 1. The van der Waals surface area contributed by atoms with Crippen molar-refractivity contribution in [2.24, 2.45) is 0 Å². The molecule has 0 aliphatic carbocycles. The van der Waals surface area contributed by atoms with Crippen LogP contribution < -0.4 is 0 Å². The molecule has 14 heavy (non-hydrogen) atoms. The Balaban J connectivity index is 3.14. The fourth-order valence-corrected chi connectivity index (χ4v) is 1.19. The standard InChI is InChI=1S/C12H12OS/c1-9-5-6-12(10(2)13)8-11(9)4-3-7-14/h5-6,8,14H,7H2,1-2H3. The highest BCUT2D eigenvalue weighted by Crippen LogP contribution is 2.10. The molecule has 0 radical (unpaired) electrons. The monoisotopic (exact) mass is 204 g/mol. The van der Waals surface area contributed by atoms with E-state index in [0.29, 0.717) is 11.3 Å². The third-order valence-electron chi connectivity index (χ3n) is 1.95. The fraction of sp³-hybridized carbons (Fsp3) is 0.250. The molecule has 0 aliphatic heterocycles. The molecule has 72 valence electrons. The molecule has 0 unspecified atom stereocenters. The minimum atomic E-state index is 0.0684. The Morgan fingerprint density at radius 3 is 2.79 bits per heavy atom. The van der Waals surface area contributed by atoms with Crippen molar-refractivity contribution in [1.29, 1.82) is 0 Å². The SMILES string of the molecule is CC(=O)c1ccc(C)c(C#CCS)c1. The van der Waals surface area contributed by atoms with Crippen molar-refractivity contribution in [1.82, 2.24) is 0 Å². The molecule has 0 N–H and O–H groups in total. The number of hydrogen-bond acceptors (Lipinski definition) is 2. The average Bonchev–Trinajstić information content (AvgIpc) is 2.16. The van der Waals surface area contributed by atoms with Gasteiger partial charge in [-0.3, -0.25) is 4.79 Å². The van der Waals surface area contributed by atoms with Crippen LogP contribution in [0.3, 0.4) is 0 Å². The summed E-state index contributed by atoms with van der Waals surface area (Å²) in [5, 5.41) is 0. The van der Waals surface area contributed by atoms with Gasteiger partial charge in [-0.1, -0.05) is 24.0 Å². The van der Waals surface area contributed by atoms with Crippen LogP contribution >= 0.6 is 12.6 Å². The number of aryl methyl sites for hydroxylation is 1. The molecule has 2 heteroatoms. The predicted molar refractivity (Wildman–Crippen MR) is 61.9 cm³/mol. The normalized spacial score (nSPS) is 9.07. The van der Waals surface area contributed by atoms with Gasteiger partial charge in [0, 0.05) is 11.1 Å². The lowest BCUT2D eigenvalue weighted by atomic mass is 10.0. The Labute approximate surface area is 89.9 Å². The molecular weight excluding hydrogens is 192 g/mol. The van der Waals surface area contributed by atoms with Crippen LogP contribution in [0.15, 0.2) is 18.2 Å². The molecule has 0 saturated carbocycles. The second-order valence-corrected chi connectivity index (χ2v) is 3.36. The largest absolute Gasteiger partial charge is 0.295 e. The molecule has 1 rings (SSSR count). The maximum absolute atomic E-state index is 11.1. The van der Waals surface area contributed by atoms with E-state index in [9.17, 15) is 4.79 Å². The maximum atomic E-state index is 11.1. The van der Waals surface area contributed by atoms with Crippen molar-refractivity contribution in [2.45, 2.75) is 13.8 Å². The Morgan fingerprint density at radius 2 is 2.21 bits per heavy atom. The topological polar surface area (TPSA) is 17.1 Å². The summed E-state index contributed by atoms with van der Waals surface area (Å²) in [6.45, 7) is 3.53. The number of benzene rings is 1. The van der Waals surface area contributed by atoms with Crippen LogP contribution in [-0.4, -0.2) is 11.5 Å². The van der Waals surface area contributed by atoms with Crippen LogP contribution in [0.4, 0.5) is 0 Å². The van der Waals surface area contributed by atoms with Crippen LogP contribution in [0, 0.1) is 18.8 Å². The molecule has 1 aromatic carbocycles. The van der Waals surface area contributed by atoms with Gasteiger partial charge in [0.2, 0.25) is 0 Å². The second kappa shape index (κ2) is 4.88. The van der Waals surface area contributed by atoms with Crippen molar-refractivity contribution in [3.05, 3.63) is 34.9 Å². The van der Waals surface area contributed by atoms with Gasteiger partial charge in [-0.25, -0.2) is 0 Å². The summed E-state index contributed by atoms with van der Waals surface area (Å²) in [5.74, 6) is 6.45. The van der Waals surface area contributed by atoms with Crippen molar-refractivity contribution in [2.75, 3.05) is 5.75 Å². The minimum absolute atomic E-state index is 0.0684. The zero-order valence-corrected chi connectivity index (χ0v) is 9.19. The van der Waals surface area contributed by atoms with Gasteiger partial charge in [-0.05, 0) is 25.5 Å². The summed E-state index contributed by atoms with van der Waals surface area (Å²) >= 11 is 4.01. The minimum Gasteiger partial charge on any atom is -0.295 e. The molecular formula is C12H12OS. The molecule has 1 aromatic rings. The summed E-state index contributed by atoms with van der Waals surface area (Å²) in [4.78, 5) is 11.1. The summed E-state index contributed by atoms with van der Waals surface area (Å²) in [6.07, 6.45) is 0. The summed E-state index contributed by atoms with van der Waals surface area (Å²) in [5.41, 5.74) is 2.70. The zero-order valence-electron chi connectivity index (χ0n) is 8.29. The van der Waals surface area contributed by atoms with E-state index in [0.717, 1.165) is 11.1 Å². The van der Waals surface area contributed by atoms with Gasteiger partial charge in [0.05, 0.1) is 5.75 Å². The lowest BCUT2D eigenvalue weighted by Crippen LogP contribution is -1.94. The van der Waals surface area contributed by atoms with Crippen molar-refractivity contribution >= 4 is 18.4 Å². The number of carbonyl (C=O) groups is 1. The predicted octanol–water partition coefficient (Wildman–Crippen LogP) is 2.48. The number of thiol groups is 1. The van der Waals surface area contributed by atoms with Gasteiger partial charge >= 0.3 is 0 Å². The molecule has 0 fully saturated rings. The molecule has 0 amide bonds. The fourth-order valence-electron chi connectivity index (χ4n) is 1.11. The third kappa shape index (κ3) is 2.65. The highest BCUT2D eigenvalue weighted by Gasteiger charge is 2.01. The second-order valence-electron chi connectivity index (χ2n) is 3.05. The highest BCUT2D eigenvalue weighted by atomic mass is 32.1. The maximum Gasteiger partial charge on any atom is 0.159 e. The van der Waals surface area contributed by atoms with Gasteiger partial charge in [0.15, 0.2) is 5.78 Å². The van der Waals surface area contributed by atoms with E-state index in [-0.39, 0.29) is 5.78 Å². The Morgan fingerprint density at radius 1 is 1.50 bits per heavy atom. The number of Topliss-reactive ketones (excluding diaryl/α,β-unsaturated/α-hetero) is 1. The van der Waals surface area contributed by atoms with E-state index >= 15 is 0 Å². The van der Waals surface area contributed by atoms with Gasteiger partial charge in [-0.15, -0.1) is 0 Å². The summed E-state index contributed by atoms with van der Waals surface area (Å²) < 4.78 is 0. The van der Waals surface area contributed by atoms with Gasteiger partial charge in [0.1, 0.15) is 0 Å². The van der Waals surface area contributed by atoms with Crippen molar-refractivity contribution in [3.63, 3.8) is 0 Å². The first-order valence-electron chi connectivity index (χ1n) is 4.36. The summed E-state index contributed by atoms with van der Waals surface area (Å²) in [7, 11) is 0. The van der Waals surface area contributed by atoms with Crippen LogP contribution in [0.1, 0.15) is 28.4 Å². The first-order valence-corrected chi connectivity index (χ1v) is 4.99. The van der Waals surface area contributed by atoms with Gasteiger partial charge < -0.3 is 0 Å². The molecule has 0 atom stereocenters. The zero-order chi connectivity index (χ0) is 10.6. The quantitative estimate of drug-likeness (QED) is 0.422. The molecule has 0 aliphatic rings. The van der Waals surface area contributed by atoms with E-state index in [2.05, 4.69) is 24.5 Å². The lowest BCUT2D eigenvalue weighted by Gasteiger charge is -2.00. The van der Waals surface area contributed by atoms with Crippen LogP contribution in [0.25, 0.3) is 0 Å². The smallest absolute Gasteiger partial charge is 0.159 e. The summed E-state index contributed by atoms with van der Waals surface area (Å²) in [6, 6.07) is 5.57. The number of hydrogen-bond donors (Lipinski definition) is 1. The van der Waals surface area contributed by atoms with Gasteiger partial charge in [-0.2, -0.15) is 12.6 Å². The van der Waals surface area contributed by atoms with Crippen molar-refractivity contribution < 1.29 is 4.79 Å². The van der Waals surface area contributed by atoms with Crippen LogP contribution in [-0.2, 0) is 0 Å². The van der Waals surface area contributed by atoms with Crippen LogP contribution in [0.2, 0.25) is 0 Å². The first kappa shape index (κ1) is 10.9. The van der Waals surface area contributed by atoms with E-state index in [1.54, 1.807) is 6.92 Å². The van der Waals surface area contributed by atoms with Crippen molar-refractivity contribution in [3.8, 4) is 11.8 Å². The van der Waals surface area contributed by atoms with Crippen LogP contribution in [0.5, 0.6) is 0 Å². The molecule has 0 bridgehead atoms. The molecule has 0 spiro atoms. The molecule has 0 aromatic heterocycles. The molecule has 0 heterocycles. The Bertz CT molecular complexity index is 410.